The molecule has 1 saturated carbocycles. The Hall–Kier alpha value is -0.180. The van der Waals surface area contributed by atoms with Crippen molar-refractivity contribution in [2.75, 3.05) is 18.4 Å². The molecule has 0 aliphatic heterocycles. The minimum absolute atomic E-state index is 0.504. The smallest absolute Gasteiger partial charge is 0.228 e. The van der Waals surface area contributed by atoms with E-state index in [1.807, 2.05) is 0 Å². The average molecular weight is 285 g/mol. The zero-order valence-electron chi connectivity index (χ0n) is 10.0. The molecular formula is C9H19NO5S2. The van der Waals surface area contributed by atoms with Crippen molar-refractivity contribution in [2.45, 2.75) is 37.8 Å². The fourth-order valence-electron chi connectivity index (χ4n) is 2.08. The molecule has 1 fully saturated rings. The molecule has 0 bridgehead atoms. The SMILES string of the molecule is CN(C1CCCCC1O)S(=O)(=O)CS(C)(=O)=O. The van der Waals surface area contributed by atoms with Crippen LogP contribution < -0.4 is 0 Å². The van der Waals surface area contributed by atoms with Gasteiger partial charge in [0.05, 0.1) is 12.1 Å². The predicted molar refractivity (Wildman–Crippen MR) is 64.7 cm³/mol. The van der Waals surface area contributed by atoms with Gasteiger partial charge < -0.3 is 5.11 Å². The number of hydrogen-bond acceptors (Lipinski definition) is 5. The zero-order valence-corrected chi connectivity index (χ0v) is 11.7. The van der Waals surface area contributed by atoms with E-state index in [1.165, 1.54) is 7.05 Å². The Morgan fingerprint density at radius 2 is 1.71 bits per heavy atom. The highest BCUT2D eigenvalue weighted by atomic mass is 32.3. The van der Waals surface area contributed by atoms with Crippen LogP contribution in [0.1, 0.15) is 25.7 Å². The highest BCUT2D eigenvalue weighted by Gasteiger charge is 2.34. The Kier molecular flexibility index (Phi) is 4.56. The van der Waals surface area contributed by atoms with Crippen molar-refractivity contribution in [3.63, 3.8) is 0 Å². The van der Waals surface area contributed by atoms with Crippen LogP contribution in [-0.4, -0.2) is 56.8 Å². The van der Waals surface area contributed by atoms with Crippen molar-refractivity contribution >= 4 is 19.9 Å². The number of nitrogens with zero attached hydrogens (tertiary/aromatic N) is 1. The van der Waals surface area contributed by atoms with Gasteiger partial charge in [0.25, 0.3) is 0 Å². The number of aliphatic hydroxyl groups excluding tert-OH is 1. The van der Waals surface area contributed by atoms with Gasteiger partial charge in [-0.3, -0.25) is 0 Å². The van der Waals surface area contributed by atoms with E-state index in [1.54, 1.807) is 0 Å². The van der Waals surface area contributed by atoms with Crippen molar-refractivity contribution in [3.8, 4) is 0 Å². The van der Waals surface area contributed by atoms with Crippen LogP contribution in [0.4, 0.5) is 0 Å². The van der Waals surface area contributed by atoms with E-state index in [4.69, 9.17) is 0 Å². The van der Waals surface area contributed by atoms with E-state index in [0.717, 1.165) is 23.4 Å². The van der Waals surface area contributed by atoms with E-state index in [-0.39, 0.29) is 0 Å². The summed E-state index contributed by atoms with van der Waals surface area (Å²) in [5, 5.41) is 8.84. The Balaban J connectivity index is 2.84. The van der Waals surface area contributed by atoms with E-state index >= 15 is 0 Å². The molecule has 0 amide bonds. The third-order valence-corrected chi connectivity index (χ3v) is 7.02. The average Bonchev–Trinajstić information content (AvgIpc) is 2.13. The Labute approximate surface area is 103 Å². The Morgan fingerprint density at radius 1 is 1.18 bits per heavy atom. The third-order valence-electron chi connectivity index (χ3n) is 2.96. The molecule has 1 aliphatic carbocycles. The van der Waals surface area contributed by atoms with Crippen molar-refractivity contribution in [2.24, 2.45) is 0 Å². The number of hydrogen-bond donors (Lipinski definition) is 1. The van der Waals surface area contributed by atoms with Gasteiger partial charge in [-0.2, -0.15) is 4.31 Å². The maximum atomic E-state index is 11.8. The third kappa shape index (κ3) is 4.20. The minimum Gasteiger partial charge on any atom is -0.391 e. The monoisotopic (exact) mass is 285 g/mol. The summed E-state index contributed by atoms with van der Waals surface area (Å²) < 4.78 is 46.8. The Bertz CT molecular complexity index is 456. The standard InChI is InChI=1S/C9H19NO5S2/c1-10(8-5-3-4-6-9(8)11)17(14,15)7-16(2,12)13/h8-9,11H,3-7H2,1-2H3. The number of aliphatic hydroxyl groups is 1. The molecule has 2 atom stereocenters. The molecule has 0 aromatic carbocycles. The van der Waals surface area contributed by atoms with E-state index < -0.39 is 37.1 Å². The van der Waals surface area contributed by atoms with Crippen LogP contribution in [0.15, 0.2) is 0 Å². The fourth-order valence-corrected chi connectivity index (χ4v) is 5.56. The van der Waals surface area contributed by atoms with Gasteiger partial charge in [-0.25, -0.2) is 16.8 Å². The number of sulfone groups is 1. The van der Waals surface area contributed by atoms with Gasteiger partial charge in [-0.1, -0.05) is 12.8 Å². The zero-order chi connectivity index (χ0) is 13.3. The van der Waals surface area contributed by atoms with Crippen LogP contribution in [0.5, 0.6) is 0 Å². The first-order chi connectivity index (χ1) is 7.63. The molecule has 0 radical (unpaired) electrons. The first kappa shape index (κ1) is 14.9. The topological polar surface area (TPSA) is 91.8 Å². The lowest BCUT2D eigenvalue weighted by Crippen LogP contribution is -2.47. The second kappa shape index (κ2) is 5.21. The molecule has 6 nitrogen and oxygen atoms in total. The van der Waals surface area contributed by atoms with Crippen molar-refractivity contribution < 1.29 is 21.9 Å². The highest BCUT2D eigenvalue weighted by Crippen LogP contribution is 2.24. The molecule has 1 aliphatic rings. The van der Waals surface area contributed by atoms with Crippen molar-refractivity contribution in [3.05, 3.63) is 0 Å². The molecule has 102 valence electrons. The maximum Gasteiger partial charge on any atom is 0.228 e. The van der Waals surface area contributed by atoms with Crippen LogP contribution in [0.3, 0.4) is 0 Å². The quantitative estimate of drug-likeness (QED) is 0.755. The first-order valence-corrected chi connectivity index (χ1v) is 9.12. The number of sulfonamides is 1. The molecule has 0 spiro atoms. The molecule has 2 unspecified atom stereocenters. The molecule has 0 saturated heterocycles. The van der Waals surface area contributed by atoms with Gasteiger partial charge in [0.1, 0.15) is 0 Å². The van der Waals surface area contributed by atoms with E-state index in [2.05, 4.69) is 0 Å². The largest absolute Gasteiger partial charge is 0.391 e. The van der Waals surface area contributed by atoms with Crippen LogP contribution in [-0.2, 0) is 19.9 Å². The number of rotatable bonds is 4. The molecule has 0 aromatic heterocycles. The first-order valence-electron chi connectivity index (χ1n) is 5.45. The molecule has 0 aromatic rings. The van der Waals surface area contributed by atoms with Crippen LogP contribution >= 0.6 is 0 Å². The van der Waals surface area contributed by atoms with Crippen LogP contribution in [0.25, 0.3) is 0 Å². The summed E-state index contributed by atoms with van der Waals surface area (Å²) in [4.78, 5) is 0. The van der Waals surface area contributed by atoms with Gasteiger partial charge in [0.15, 0.2) is 14.9 Å². The van der Waals surface area contributed by atoms with Gasteiger partial charge in [-0.05, 0) is 12.8 Å². The number of likely N-dealkylation sites (N-methyl/N-ethyl adjacent to an activating group) is 1. The van der Waals surface area contributed by atoms with Gasteiger partial charge in [0.2, 0.25) is 10.0 Å². The summed E-state index contributed by atoms with van der Waals surface area (Å²) >= 11 is 0. The maximum absolute atomic E-state index is 11.8. The van der Waals surface area contributed by atoms with Gasteiger partial charge in [0, 0.05) is 13.3 Å². The van der Waals surface area contributed by atoms with E-state index in [9.17, 15) is 21.9 Å². The second-order valence-corrected chi connectivity index (χ2v) is 9.12. The molecule has 1 N–H and O–H groups in total. The lowest BCUT2D eigenvalue weighted by molar-refractivity contribution is 0.0640. The second-order valence-electron chi connectivity index (χ2n) is 4.59. The minimum atomic E-state index is -3.87. The summed E-state index contributed by atoms with van der Waals surface area (Å²) in [6.45, 7) is 0. The fraction of sp³-hybridized carbons (Fsp3) is 1.00. The van der Waals surface area contributed by atoms with Crippen molar-refractivity contribution in [1.29, 1.82) is 0 Å². The van der Waals surface area contributed by atoms with Gasteiger partial charge >= 0.3 is 0 Å². The molecular weight excluding hydrogens is 266 g/mol. The van der Waals surface area contributed by atoms with Crippen LogP contribution in [0.2, 0.25) is 0 Å². The van der Waals surface area contributed by atoms with E-state index in [0.29, 0.717) is 12.8 Å². The summed E-state index contributed by atoms with van der Waals surface area (Å²) in [6.07, 6.45) is 3.03. The molecule has 8 heteroatoms. The summed E-state index contributed by atoms with van der Waals surface area (Å²) in [7, 11) is -6.13. The predicted octanol–water partition coefficient (Wildman–Crippen LogP) is -0.446. The Morgan fingerprint density at radius 3 is 2.18 bits per heavy atom. The molecule has 1 rings (SSSR count). The summed E-state index contributed by atoms with van der Waals surface area (Å²) in [6, 6.07) is -0.504. The summed E-state index contributed by atoms with van der Waals surface area (Å²) in [5.74, 6) is 0. The lowest BCUT2D eigenvalue weighted by Gasteiger charge is -2.34. The van der Waals surface area contributed by atoms with Crippen LogP contribution in [0, 0.1) is 0 Å². The molecule has 17 heavy (non-hydrogen) atoms. The highest BCUT2D eigenvalue weighted by molar-refractivity contribution is 8.06. The normalized spacial score (nSPS) is 27.3. The molecule has 0 heterocycles. The lowest BCUT2D eigenvalue weighted by atomic mass is 9.93. The van der Waals surface area contributed by atoms with Crippen molar-refractivity contribution in [1.82, 2.24) is 4.31 Å². The summed E-state index contributed by atoms with van der Waals surface area (Å²) in [5.41, 5.74) is 0. The van der Waals surface area contributed by atoms with Gasteiger partial charge in [-0.15, -0.1) is 0 Å².